The molecule has 1 unspecified atom stereocenters. The molecule has 0 spiro atoms. The van der Waals surface area contributed by atoms with Crippen molar-refractivity contribution in [1.29, 1.82) is 0 Å². The summed E-state index contributed by atoms with van der Waals surface area (Å²) in [4.78, 5) is 29.1. The average molecular weight is 305 g/mol. The van der Waals surface area contributed by atoms with Crippen LogP contribution in [0.2, 0.25) is 0 Å². The van der Waals surface area contributed by atoms with E-state index in [1.165, 1.54) is 6.07 Å². The zero-order valence-electron chi connectivity index (χ0n) is 12.0. The molecular formula is C14H15N3O5. The van der Waals surface area contributed by atoms with E-state index in [1.54, 1.807) is 11.8 Å². The smallest absolute Gasteiger partial charge is 0.338 e. The number of aromatic nitrogens is 2. The third-order valence-electron chi connectivity index (χ3n) is 3.66. The molecule has 3 heterocycles. The van der Waals surface area contributed by atoms with Crippen molar-refractivity contribution >= 4 is 11.9 Å². The maximum atomic E-state index is 12.4. The van der Waals surface area contributed by atoms with Crippen molar-refractivity contribution in [2.24, 2.45) is 0 Å². The van der Waals surface area contributed by atoms with Crippen LogP contribution in [0, 0.1) is 6.92 Å². The minimum absolute atomic E-state index is 0.00666. The normalized spacial score (nSPS) is 18.4. The standard InChI is InChI=1S/C14H15N3O5/c1-8-15-12(22-16-8)9-3-2-4-17(6-9)13(18)11-5-10(7-21-11)14(19)20/h5,7,9H,2-4,6H2,1H3,(H,19,20). The summed E-state index contributed by atoms with van der Waals surface area (Å²) in [5.74, 6) is -0.335. The second kappa shape index (κ2) is 5.63. The van der Waals surface area contributed by atoms with E-state index in [9.17, 15) is 9.59 Å². The number of carboxylic acid groups (broad SMARTS) is 1. The van der Waals surface area contributed by atoms with Crippen molar-refractivity contribution in [3.8, 4) is 0 Å². The Hall–Kier alpha value is -2.64. The van der Waals surface area contributed by atoms with Gasteiger partial charge in [0.05, 0.1) is 11.5 Å². The van der Waals surface area contributed by atoms with Gasteiger partial charge in [-0.25, -0.2) is 4.79 Å². The SMILES string of the molecule is Cc1noc(C2CCCN(C(=O)c3cc(C(=O)O)co3)C2)n1. The van der Waals surface area contributed by atoms with Crippen LogP contribution in [0.5, 0.6) is 0 Å². The van der Waals surface area contributed by atoms with Gasteiger partial charge in [0.25, 0.3) is 5.91 Å². The molecule has 1 amide bonds. The first kappa shape index (κ1) is 14.3. The molecule has 0 bridgehead atoms. The first-order valence-corrected chi connectivity index (χ1v) is 6.96. The molecule has 2 aromatic rings. The van der Waals surface area contributed by atoms with Crippen molar-refractivity contribution in [2.75, 3.05) is 13.1 Å². The molecule has 3 rings (SSSR count). The highest BCUT2D eigenvalue weighted by molar-refractivity contribution is 5.95. The van der Waals surface area contributed by atoms with Crippen molar-refractivity contribution in [3.63, 3.8) is 0 Å². The molecule has 116 valence electrons. The molecule has 2 aromatic heterocycles. The first-order chi connectivity index (χ1) is 10.5. The summed E-state index contributed by atoms with van der Waals surface area (Å²) in [6.07, 6.45) is 2.74. The van der Waals surface area contributed by atoms with Gasteiger partial charge in [-0.05, 0) is 19.8 Å². The number of aromatic carboxylic acids is 1. The Kier molecular flexibility index (Phi) is 3.66. The second-order valence-corrected chi connectivity index (χ2v) is 5.27. The summed E-state index contributed by atoms with van der Waals surface area (Å²) in [7, 11) is 0. The average Bonchev–Trinajstić information content (AvgIpc) is 3.15. The van der Waals surface area contributed by atoms with Gasteiger partial charge < -0.3 is 18.9 Å². The lowest BCUT2D eigenvalue weighted by molar-refractivity contribution is 0.0661. The lowest BCUT2D eigenvalue weighted by Gasteiger charge is -2.30. The van der Waals surface area contributed by atoms with E-state index in [-0.39, 0.29) is 23.1 Å². The Morgan fingerprint density at radius 2 is 2.27 bits per heavy atom. The molecule has 0 aromatic carbocycles. The van der Waals surface area contributed by atoms with Crippen molar-refractivity contribution in [3.05, 3.63) is 35.4 Å². The quantitative estimate of drug-likeness (QED) is 0.918. The van der Waals surface area contributed by atoms with E-state index in [0.29, 0.717) is 24.8 Å². The second-order valence-electron chi connectivity index (χ2n) is 5.27. The Bertz CT molecular complexity index is 705. The fourth-order valence-electron chi connectivity index (χ4n) is 2.56. The molecule has 22 heavy (non-hydrogen) atoms. The zero-order chi connectivity index (χ0) is 15.7. The number of carbonyl (C=O) groups is 2. The molecule has 0 saturated carbocycles. The summed E-state index contributed by atoms with van der Waals surface area (Å²) in [6, 6.07) is 1.24. The Labute approximate surface area is 125 Å². The Morgan fingerprint density at radius 1 is 1.45 bits per heavy atom. The van der Waals surface area contributed by atoms with E-state index < -0.39 is 5.97 Å². The molecule has 1 saturated heterocycles. The van der Waals surface area contributed by atoms with Crippen LogP contribution in [-0.4, -0.2) is 45.1 Å². The molecule has 1 aliphatic rings. The minimum atomic E-state index is -1.12. The summed E-state index contributed by atoms with van der Waals surface area (Å²) >= 11 is 0. The molecule has 1 fully saturated rings. The molecular weight excluding hydrogens is 290 g/mol. The van der Waals surface area contributed by atoms with E-state index >= 15 is 0 Å². The van der Waals surface area contributed by atoms with E-state index in [4.69, 9.17) is 14.0 Å². The molecule has 1 N–H and O–H groups in total. The number of hydrogen-bond acceptors (Lipinski definition) is 6. The van der Waals surface area contributed by atoms with Gasteiger partial charge in [-0.15, -0.1) is 0 Å². The van der Waals surface area contributed by atoms with Crippen LogP contribution in [0.15, 0.2) is 21.3 Å². The van der Waals surface area contributed by atoms with Gasteiger partial charge in [-0.1, -0.05) is 5.16 Å². The summed E-state index contributed by atoms with van der Waals surface area (Å²) in [5, 5.41) is 12.6. The van der Waals surface area contributed by atoms with Crippen LogP contribution in [-0.2, 0) is 0 Å². The number of furan rings is 1. The molecule has 1 aliphatic heterocycles. The van der Waals surface area contributed by atoms with Gasteiger partial charge in [0.1, 0.15) is 6.26 Å². The van der Waals surface area contributed by atoms with Crippen LogP contribution in [0.1, 0.15) is 51.4 Å². The predicted molar refractivity (Wildman–Crippen MR) is 72.6 cm³/mol. The number of piperidine rings is 1. The largest absolute Gasteiger partial charge is 0.478 e. The van der Waals surface area contributed by atoms with Gasteiger partial charge in [-0.2, -0.15) is 4.98 Å². The monoisotopic (exact) mass is 305 g/mol. The summed E-state index contributed by atoms with van der Waals surface area (Å²) in [5.41, 5.74) is -0.0376. The first-order valence-electron chi connectivity index (χ1n) is 6.96. The summed E-state index contributed by atoms with van der Waals surface area (Å²) < 4.78 is 10.2. The van der Waals surface area contributed by atoms with Gasteiger partial charge in [0.2, 0.25) is 5.89 Å². The van der Waals surface area contributed by atoms with Crippen molar-refractivity contribution < 1.29 is 23.6 Å². The van der Waals surface area contributed by atoms with Crippen LogP contribution in [0.4, 0.5) is 0 Å². The van der Waals surface area contributed by atoms with Crippen LogP contribution in [0.3, 0.4) is 0 Å². The molecule has 0 radical (unpaired) electrons. The number of amides is 1. The molecule has 0 aliphatic carbocycles. The predicted octanol–water partition coefficient (Wildman–Crippen LogP) is 1.69. The number of carboxylic acids is 1. The fraction of sp³-hybridized carbons (Fsp3) is 0.429. The number of likely N-dealkylation sites (tertiary alicyclic amines) is 1. The molecule has 8 heteroatoms. The maximum absolute atomic E-state index is 12.4. The molecule has 1 atom stereocenters. The van der Waals surface area contributed by atoms with Crippen molar-refractivity contribution in [2.45, 2.75) is 25.7 Å². The Balaban J connectivity index is 1.73. The summed E-state index contributed by atoms with van der Waals surface area (Å²) in [6.45, 7) is 2.78. The van der Waals surface area contributed by atoms with Gasteiger partial charge >= 0.3 is 5.97 Å². The number of aryl methyl sites for hydroxylation is 1. The van der Waals surface area contributed by atoms with Crippen molar-refractivity contribution in [1.82, 2.24) is 15.0 Å². The lowest BCUT2D eigenvalue weighted by atomic mass is 9.98. The van der Waals surface area contributed by atoms with Crippen LogP contribution >= 0.6 is 0 Å². The Morgan fingerprint density at radius 3 is 2.91 bits per heavy atom. The molecule has 8 nitrogen and oxygen atoms in total. The number of nitrogens with zero attached hydrogens (tertiary/aromatic N) is 3. The zero-order valence-corrected chi connectivity index (χ0v) is 12.0. The maximum Gasteiger partial charge on any atom is 0.338 e. The number of rotatable bonds is 3. The lowest BCUT2D eigenvalue weighted by Crippen LogP contribution is -2.39. The van der Waals surface area contributed by atoms with E-state index in [2.05, 4.69) is 10.1 Å². The van der Waals surface area contributed by atoms with Gasteiger partial charge in [0, 0.05) is 19.2 Å². The van der Waals surface area contributed by atoms with Crippen LogP contribution < -0.4 is 0 Å². The van der Waals surface area contributed by atoms with Crippen LogP contribution in [0.25, 0.3) is 0 Å². The topological polar surface area (TPSA) is 110 Å². The highest BCUT2D eigenvalue weighted by Gasteiger charge is 2.30. The highest BCUT2D eigenvalue weighted by atomic mass is 16.5. The van der Waals surface area contributed by atoms with Gasteiger partial charge in [0.15, 0.2) is 11.6 Å². The minimum Gasteiger partial charge on any atom is -0.478 e. The fourth-order valence-corrected chi connectivity index (χ4v) is 2.56. The highest BCUT2D eigenvalue weighted by Crippen LogP contribution is 2.26. The number of hydrogen-bond donors (Lipinski definition) is 1. The third-order valence-corrected chi connectivity index (χ3v) is 3.66. The van der Waals surface area contributed by atoms with Gasteiger partial charge in [-0.3, -0.25) is 4.79 Å². The van der Waals surface area contributed by atoms with E-state index in [1.807, 2.05) is 0 Å². The number of carbonyl (C=O) groups excluding carboxylic acids is 1. The van der Waals surface area contributed by atoms with E-state index in [0.717, 1.165) is 19.1 Å². The third kappa shape index (κ3) is 2.72.